The van der Waals surface area contributed by atoms with Crippen molar-refractivity contribution in [2.24, 2.45) is 5.73 Å². The van der Waals surface area contributed by atoms with Crippen LogP contribution in [0.5, 0.6) is 0 Å². The highest BCUT2D eigenvalue weighted by Crippen LogP contribution is 2.24. The van der Waals surface area contributed by atoms with E-state index in [1.807, 2.05) is 25.1 Å². The van der Waals surface area contributed by atoms with Crippen molar-refractivity contribution in [2.45, 2.75) is 13.3 Å². The molecule has 1 rings (SSSR count). The van der Waals surface area contributed by atoms with E-state index in [0.717, 1.165) is 23.7 Å². The van der Waals surface area contributed by atoms with Crippen LogP contribution in [0.25, 0.3) is 0 Å². The summed E-state index contributed by atoms with van der Waals surface area (Å²) < 4.78 is 0. The largest absolute Gasteiger partial charge is 0.384 e. The molecule has 0 fully saturated rings. The molecule has 0 bridgehead atoms. The maximum absolute atomic E-state index is 6.01. The van der Waals surface area contributed by atoms with Gasteiger partial charge in [0.2, 0.25) is 0 Å². The molecule has 0 amide bonds. The maximum Gasteiger partial charge on any atom is 0.0640 e. The molecule has 3 N–H and O–H groups in total. The first kappa shape index (κ1) is 10.4. The molecule has 0 heterocycles. The van der Waals surface area contributed by atoms with Gasteiger partial charge in [-0.2, -0.15) is 0 Å². The molecule has 0 aromatic heterocycles. The number of rotatable bonds is 4. The molecular weight excluding hydrogens is 184 g/mol. The van der Waals surface area contributed by atoms with Crippen molar-refractivity contribution >= 4 is 17.3 Å². The van der Waals surface area contributed by atoms with Crippen LogP contribution in [0, 0.1) is 6.92 Å². The molecule has 0 radical (unpaired) electrons. The minimum atomic E-state index is 0.705. The van der Waals surface area contributed by atoms with Gasteiger partial charge in [0.15, 0.2) is 0 Å². The Bertz CT molecular complexity index is 253. The number of anilines is 1. The van der Waals surface area contributed by atoms with Gasteiger partial charge in [-0.1, -0.05) is 23.7 Å². The number of halogens is 1. The van der Waals surface area contributed by atoms with Crippen molar-refractivity contribution in [1.82, 2.24) is 0 Å². The highest BCUT2D eigenvalue weighted by molar-refractivity contribution is 6.33. The van der Waals surface area contributed by atoms with E-state index >= 15 is 0 Å². The Labute approximate surface area is 84.1 Å². The predicted octanol–water partition coefficient (Wildman–Crippen LogP) is 2.41. The SMILES string of the molecule is Cc1cccc(Cl)c1NCCCN. The molecule has 0 atom stereocenters. The highest BCUT2D eigenvalue weighted by atomic mass is 35.5. The van der Waals surface area contributed by atoms with E-state index in [4.69, 9.17) is 17.3 Å². The zero-order valence-corrected chi connectivity index (χ0v) is 8.56. The van der Waals surface area contributed by atoms with Gasteiger partial charge in [-0.3, -0.25) is 0 Å². The van der Waals surface area contributed by atoms with E-state index < -0.39 is 0 Å². The van der Waals surface area contributed by atoms with Crippen LogP contribution in [0.2, 0.25) is 5.02 Å². The van der Waals surface area contributed by atoms with Crippen molar-refractivity contribution in [3.8, 4) is 0 Å². The zero-order valence-electron chi connectivity index (χ0n) is 7.81. The second-order valence-electron chi connectivity index (χ2n) is 3.00. The Morgan fingerprint density at radius 1 is 1.46 bits per heavy atom. The number of nitrogens with one attached hydrogen (secondary N) is 1. The van der Waals surface area contributed by atoms with E-state index in [0.29, 0.717) is 6.54 Å². The average Bonchev–Trinajstić information content (AvgIpc) is 2.10. The molecular formula is C10H15ClN2. The molecule has 0 spiro atoms. The fourth-order valence-corrected chi connectivity index (χ4v) is 1.46. The number of benzene rings is 1. The van der Waals surface area contributed by atoms with Crippen LogP contribution >= 0.6 is 11.6 Å². The average molecular weight is 199 g/mol. The van der Waals surface area contributed by atoms with Crippen molar-refractivity contribution in [2.75, 3.05) is 18.4 Å². The summed E-state index contributed by atoms with van der Waals surface area (Å²) in [4.78, 5) is 0. The van der Waals surface area contributed by atoms with Crippen LogP contribution in [-0.2, 0) is 0 Å². The summed E-state index contributed by atoms with van der Waals surface area (Å²) in [6.45, 7) is 3.62. The third-order valence-electron chi connectivity index (χ3n) is 1.90. The highest BCUT2D eigenvalue weighted by Gasteiger charge is 2.01. The minimum absolute atomic E-state index is 0.705. The Hall–Kier alpha value is -0.730. The lowest BCUT2D eigenvalue weighted by Gasteiger charge is -2.10. The van der Waals surface area contributed by atoms with Gasteiger partial charge >= 0.3 is 0 Å². The second kappa shape index (κ2) is 5.10. The van der Waals surface area contributed by atoms with Gasteiger partial charge in [-0.25, -0.2) is 0 Å². The van der Waals surface area contributed by atoms with E-state index in [1.54, 1.807) is 0 Å². The third-order valence-corrected chi connectivity index (χ3v) is 2.22. The summed E-state index contributed by atoms with van der Waals surface area (Å²) in [5.74, 6) is 0. The van der Waals surface area contributed by atoms with Crippen molar-refractivity contribution in [3.63, 3.8) is 0 Å². The van der Waals surface area contributed by atoms with E-state index in [9.17, 15) is 0 Å². The van der Waals surface area contributed by atoms with Gasteiger partial charge in [0.25, 0.3) is 0 Å². The topological polar surface area (TPSA) is 38.0 Å². The Balaban J connectivity index is 2.64. The summed E-state index contributed by atoms with van der Waals surface area (Å²) in [5.41, 5.74) is 7.59. The van der Waals surface area contributed by atoms with Crippen LogP contribution in [0.4, 0.5) is 5.69 Å². The first-order valence-corrected chi connectivity index (χ1v) is 4.82. The molecule has 0 saturated heterocycles. The van der Waals surface area contributed by atoms with Gasteiger partial charge in [-0.15, -0.1) is 0 Å². The number of hydrogen-bond acceptors (Lipinski definition) is 2. The maximum atomic E-state index is 6.01. The lowest BCUT2D eigenvalue weighted by atomic mass is 10.2. The van der Waals surface area contributed by atoms with Gasteiger partial charge in [0, 0.05) is 6.54 Å². The molecule has 0 saturated carbocycles. The summed E-state index contributed by atoms with van der Waals surface area (Å²) in [6.07, 6.45) is 0.963. The molecule has 13 heavy (non-hydrogen) atoms. The Kier molecular flexibility index (Phi) is 4.06. The van der Waals surface area contributed by atoms with Crippen molar-refractivity contribution in [3.05, 3.63) is 28.8 Å². The molecule has 2 nitrogen and oxygen atoms in total. The zero-order chi connectivity index (χ0) is 9.68. The van der Waals surface area contributed by atoms with Gasteiger partial charge in [0.1, 0.15) is 0 Å². The second-order valence-corrected chi connectivity index (χ2v) is 3.41. The van der Waals surface area contributed by atoms with E-state index in [-0.39, 0.29) is 0 Å². The van der Waals surface area contributed by atoms with E-state index in [2.05, 4.69) is 5.32 Å². The first-order valence-electron chi connectivity index (χ1n) is 4.44. The molecule has 1 aromatic rings. The number of nitrogens with two attached hydrogens (primary N) is 1. The molecule has 0 aliphatic rings. The fraction of sp³-hybridized carbons (Fsp3) is 0.400. The smallest absolute Gasteiger partial charge is 0.0640 e. The van der Waals surface area contributed by atoms with E-state index in [1.165, 1.54) is 5.56 Å². The summed E-state index contributed by atoms with van der Waals surface area (Å²) >= 11 is 6.01. The third kappa shape index (κ3) is 2.90. The van der Waals surface area contributed by atoms with Gasteiger partial charge < -0.3 is 11.1 Å². The fourth-order valence-electron chi connectivity index (χ4n) is 1.17. The lowest BCUT2D eigenvalue weighted by molar-refractivity contribution is 0.873. The molecule has 0 aliphatic heterocycles. The minimum Gasteiger partial charge on any atom is -0.384 e. The molecule has 0 unspecified atom stereocenters. The van der Waals surface area contributed by atoms with Crippen LogP contribution in [-0.4, -0.2) is 13.1 Å². The predicted molar refractivity (Wildman–Crippen MR) is 58.4 cm³/mol. The number of para-hydroxylation sites is 1. The molecule has 72 valence electrons. The number of aryl methyl sites for hydroxylation is 1. The van der Waals surface area contributed by atoms with Crippen molar-refractivity contribution in [1.29, 1.82) is 0 Å². The lowest BCUT2D eigenvalue weighted by Crippen LogP contribution is -2.09. The van der Waals surface area contributed by atoms with Gasteiger partial charge in [0.05, 0.1) is 10.7 Å². The first-order chi connectivity index (χ1) is 6.25. The van der Waals surface area contributed by atoms with Gasteiger partial charge in [-0.05, 0) is 31.5 Å². The summed E-state index contributed by atoms with van der Waals surface area (Å²) in [6, 6.07) is 5.88. The van der Waals surface area contributed by atoms with Crippen molar-refractivity contribution < 1.29 is 0 Å². The van der Waals surface area contributed by atoms with Crippen LogP contribution in [0.1, 0.15) is 12.0 Å². The summed E-state index contributed by atoms with van der Waals surface area (Å²) in [7, 11) is 0. The van der Waals surface area contributed by atoms with Crippen LogP contribution in [0.3, 0.4) is 0 Å². The van der Waals surface area contributed by atoms with Crippen LogP contribution < -0.4 is 11.1 Å². The Morgan fingerprint density at radius 2 is 2.23 bits per heavy atom. The Morgan fingerprint density at radius 3 is 2.85 bits per heavy atom. The standard InChI is InChI=1S/C10H15ClN2/c1-8-4-2-5-9(11)10(8)13-7-3-6-12/h2,4-5,13H,3,6-7,12H2,1H3. The normalized spacial score (nSPS) is 10.1. The van der Waals surface area contributed by atoms with Crippen LogP contribution in [0.15, 0.2) is 18.2 Å². The molecule has 1 aromatic carbocycles. The molecule has 3 heteroatoms. The molecule has 0 aliphatic carbocycles. The number of hydrogen-bond donors (Lipinski definition) is 2. The summed E-state index contributed by atoms with van der Waals surface area (Å²) in [5, 5.41) is 4.05. The monoisotopic (exact) mass is 198 g/mol. The quantitative estimate of drug-likeness (QED) is 0.730.